The van der Waals surface area contributed by atoms with Crippen molar-refractivity contribution in [3.05, 3.63) is 53.7 Å². The Hall–Kier alpha value is -2.46. The zero-order valence-corrected chi connectivity index (χ0v) is 13.6. The number of nitrogens with one attached hydrogen (secondary N) is 1. The molecular weight excluding hydrogens is 298 g/mol. The molecule has 3 aromatic rings. The number of hydrogen-bond donors (Lipinski definition) is 1. The van der Waals surface area contributed by atoms with Crippen molar-refractivity contribution >= 4 is 11.0 Å². The van der Waals surface area contributed by atoms with Crippen LogP contribution in [-0.4, -0.2) is 30.2 Å². The molecule has 1 aliphatic heterocycles. The molecule has 1 aliphatic carbocycles. The smallest absolute Gasteiger partial charge is 0.118 e. The second-order valence-corrected chi connectivity index (χ2v) is 6.74. The van der Waals surface area contributed by atoms with Gasteiger partial charge in [0.2, 0.25) is 0 Å². The highest BCUT2D eigenvalue weighted by Crippen LogP contribution is 2.44. The van der Waals surface area contributed by atoms with Gasteiger partial charge in [-0.15, -0.1) is 0 Å². The quantitative estimate of drug-likeness (QED) is 0.786. The van der Waals surface area contributed by atoms with E-state index < -0.39 is 0 Å². The van der Waals surface area contributed by atoms with Crippen LogP contribution in [0.15, 0.2) is 42.6 Å². The number of methoxy groups -OCH3 is 1. The Morgan fingerprint density at radius 1 is 1.00 bits per heavy atom. The number of rotatable bonds is 2. The van der Waals surface area contributed by atoms with Crippen LogP contribution in [0.4, 0.5) is 0 Å². The minimum Gasteiger partial charge on any atom is -0.497 e. The minimum absolute atomic E-state index is 0.634. The molecule has 2 atom stereocenters. The molecule has 2 unspecified atom stereocenters. The van der Waals surface area contributed by atoms with Crippen molar-refractivity contribution in [3.63, 3.8) is 0 Å². The van der Waals surface area contributed by atoms with Gasteiger partial charge >= 0.3 is 0 Å². The Morgan fingerprint density at radius 3 is 2.42 bits per heavy atom. The predicted octanol–water partition coefficient (Wildman–Crippen LogP) is 3.48. The van der Waals surface area contributed by atoms with Crippen molar-refractivity contribution in [3.8, 4) is 17.0 Å². The highest BCUT2D eigenvalue weighted by molar-refractivity contribution is 5.80. The third-order valence-corrected chi connectivity index (χ3v) is 5.36. The Bertz CT molecular complexity index is 920. The van der Waals surface area contributed by atoms with Gasteiger partial charge in [-0.05, 0) is 65.8 Å². The van der Waals surface area contributed by atoms with Crippen molar-refractivity contribution in [2.24, 2.45) is 0 Å². The Balaban J connectivity index is 1.61. The fraction of sp³-hybridized carbons (Fsp3) is 0.300. The molecule has 1 N–H and O–H groups in total. The van der Waals surface area contributed by atoms with Crippen molar-refractivity contribution in [1.29, 1.82) is 0 Å². The summed E-state index contributed by atoms with van der Waals surface area (Å²) in [6.45, 7) is 2.17. The second kappa shape index (κ2) is 5.28. The molecule has 0 spiro atoms. The number of nitrogens with zero attached hydrogens (tertiary/aromatic N) is 2. The first-order valence-corrected chi connectivity index (χ1v) is 8.47. The van der Waals surface area contributed by atoms with E-state index in [4.69, 9.17) is 9.72 Å². The van der Waals surface area contributed by atoms with E-state index in [-0.39, 0.29) is 0 Å². The third kappa shape index (κ3) is 2.10. The van der Waals surface area contributed by atoms with E-state index >= 15 is 0 Å². The molecule has 0 amide bonds. The van der Waals surface area contributed by atoms with Crippen molar-refractivity contribution in [1.82, 2.24) is 15.3 Å². The Labute approximate surface area is 140 Å². The van der Waals surface area contributed by atoms with Crippen LogP contribution in [0.3, 0.4) is 0 Å². The van der Waals surface area contributed by atoms with Gasteiger partial charge in [-0.3, -0.25) is 4.98 Å². The number of hydrogen-bond acceptors (Lipinski definition) is 4. The molecule has 2 aliphatic rings. The van der Waals surface area contributed by atoms with Gasteiger partial charge in [0.05, 0.1) is 30.0 Å². The van der Waals surface area contributed by atoms with Crippen LogP contribution in [0, 0.1) is 0 Å². The summed E-state index contributed by atoms with van der Waals surface area (Å²) in [5, 5.41) is 3.54. The normalized spacial score (nSPS) is 21.7. The summed E-state index contributed by atoms with van der Waals surface area (Å²) in [5.74, 6) is 2.13. The average Bonchev–Trinajstić information content (AvgIpc) is 2.89. The molecule has 2 heterocycles. The number of aromatic nitrogens is 2. The van der Waals surface area contributed by atoms with Gasteiger partial charge in [-0.1, -0.05) is 0 Å². The number of ether oxygens (including phenoxy) is 1. The summed E-state index contributed by atoms with van der Waals surface area (Å²) in [6.07, 6.45) is 3.14. The molecule has 1 fully saturated rings. The fourth-order valence-electron chi connectivity index (χ4n) is 4.12. The van der Waals surface area contributed by atoms with E-state index in [9.17, 15) is 0 Å². The molecule has 0 radical (unpaired) electrons. The van der Waals surface area contributed by atoms with Gasteiger partial charge in [0, 0.05) is 18.7 Å². The summed E-state index contributed by atoms with van der Waals surface area (Å²) >= 11 is 0. The maximum atomic E-state index is 5.22. The monoisotopic (exact) mass is 317 g/mol. The maximum Gasteiger partial charge on any atom is 0.118 e. The van der Waals surface area contributed by atoms with E-state index in [1.807, 2.05) is 30.5 Å². The zero-order chi connectivity index (χ0) is 16.1. The molecule has 1 saturated heterocycles. The van der Waals surface area contributed by atoms with Crippen LogP contribution in [-0.2, 0) is 0 Å². The third-order valence-electron chi connectivity index (χ3n) is 5.36. The lowest BCUT2D eigenvalue weighted by atomic mass is 9.98. The Kier molecular flexibility index (Phi) is 3.06. The van der Waals surface area contributed by atoms with Crippen LogP contribution in [0.2, 0.25) is 0 Å². The fourth-order valence-corrected chi connectivity index (χ4v) is 4.12. The van der Waals surface area contributed by atoms with Gasteiger partial charge in [0.15, 0.2) is 0 Å². The first-order valence-electron chi connectivity index (χ1n) is 8.47. The lowest BCUT2D eigenvalue weighted by molar-refractivity contribution is 0.415. The summed E-state index contributed by atoms with van der Waals surface area (Å²) in [4.78, 5) is 9.55. The highest BCUT2D eigenvalue weighted by Gasteiger charge is 2.34. The van der Waals surface area contributed by atoms with Crippen LogP contribution in [0.5, 0.6) is 5.75 Å². The van der Waals surface area contributed by atoms with Gasteiger partial charge in [0.25, 0.3) is 0 Å². The van der Waals surface area contributed by atoms with Crippen LogP contribution >= 0.6 is 0 Å². The highest BCUT2D eigenvalue weighted by atomic mass is 16.5. The largest absolute Gasteiger partial charge is 0.497 e. The van der Waals surface area contributed by atoms with Crippen molar-refractivity contribution in [2.75, 3.05) is 20.2 Å². The first kappa shape index (κ1) is 13.9. The minimum atomic E-state index is 0.634. The van der Waals surface area contributed by atoms with Crippen molar-refractivity contribution < 1.29 is 4.74 Å². The molecule has 120 valence electrons. The van der Waals surface area contributed by atoms with E-state index in [1.54, 1.807) is 7.11 Å². The number of benzene rings is 2. The molecule has 4 heteroatoms. The molecular formula is C20H19N3O. The van der Waals surface area contributed by atoms with E-state index in [0.29, 0.717) is 11.8 Å². The molecule has 5 rings (SSSR count). The molecule has 0 saturated carbocycles. The van der Waals surface area contributed by atoms with Crippen molar-refractivity contribution in [2.45, 2.75) is 18.3 Å². The van der Waals surface area contributed by atoms with Crippen LogP contribution in [0.1, 0.15) is 29.4 Å². The number of piperidine rings is 1. The zero-order valence-electron chi connectivity index (χ0n) is 13.6. The number of fused-ring (bicyclic) bond motifs is 6. The molecule has 4 nitrogen and oxygen atoms in total. The summed E-state index contributed by atoms with van der Waals surface area (Å²) in [7, 11) is 1.68. The standard InChI is InChI=1S/C20H19N3O/c1-24-15-4-2-12(3-5-15)20-11-22-18-7-16-13-6-14(10-21-9-13)17(16)8-19(18)23-20/h2-5,7-8,11,13-14,21H,6,9-10H2,1H3. The van der Waals surface area contributed by atoms with Crippen LogP contribution < -0.4 is 10.1 Å². The molecule has 2 bridgehead atoms. The maximum absolute atomic E-state index is 5.22. The topological polar surface area (TPSA) is 47.0 Å². The molecule has 2 aromatic carbocycles. The van der Waals surface area contributed by atoms with Gasteiger partial charge in [-0.25, -0.2) is 4.98 Å². The molecule has 1 aromatic heterocycles. The molecule has 24 heavy (non-hydrogen) atoms. The lowest BCUT2D eigenvalue weighted by Gasteiger charge is -2.19. The predicted molar refractivity (Wildman–Crippen MR) is 94.5 cm³/mol. The van der Waals surface area contributed by atoms with Gasteiger partial charge in [0.1, 0.15) is 5.75 Å². The van der Waals surface area contributed by atoms with E-state index in [0.717, 1.165) is 41.1 Å². The Morgan fingerprint density at radius 2 is 1.71 bits per heavy atom. The SMILES string of the molecule is COc1ccc(-c2cnc3cc4c(cc3n2)C2CNCC4C2)cc1. The summed E-state index contributed by atoms with van der Waals surface area (Å²) < 4.78 is 5.22. The van der Waals surface area contributed by atoms with Gasteiger partial charge < -0.3 is 10.1 Å². The first-order chi connectivity index (χ1) is 11.8. The van der Waals surface area contributed by atoms with Gasteiger partial charge in [-0.2, -0.15) is 0 Å². The van der Waals surface area contributed by atoms with Crippen LogP contribution in [0.25, 0.3) is 22.3 Å². The summed E-state index contributed by atoms with van der Waals surface area (Å²) in [5.41, 5.74) is 6.91. The summed E-state index contributed by atoms with van der Waals surface area (Å²) in [6, 6.07) is 12.5. The lowest BCUT2D eigenvalue weighted by Crippen LogP contribution is -2.28. The van der Waals surface area contributed by atoms with E-state index in [2.05, 4.69) is 22.4 Å². The average molecular weight is 317 g/mol. The second-order valence-electron chi connectivity index (χ2n) is 6.74. The van der Waals surface area contributed by atoms with E-state index in [1.165, 1.54) is 17.5 Å².